The van der Waals surface area contributed by atoms with E-state index in [1.165, 1.54) is 12.1 Å². The normalized spacial score (nSPS) is 18.2. The number of hydrogen-bond donors (Lipinski definition) is 1. The van der Waals surface area contributed by atoms with Gasteiger partial charge in [-0.15, -0.1) is 0 Å². The summed E-state index contributed by atoms with van der Waals surface area (Å²) < 4.78 is 37.8. The molecular formula is C17H16F3NO. The fourth-order valence-corrected chi connectivity index (χ4v) is 2.79. The Morgan fingerprint density at radius 1 is 1.05 bits per heavy atom. The molecular weight excluding hydrogens is 291 g/mol. The highest BCUT2D eigenvalue weighted by molar-refractivity contribution is 5.56. The lowest BCUT2D eigenvalue weighted by molar-refractivity contribution is -0.137. The molecule has 0 aliphatic carbocycles. The Kier molecular flexibility index (Phi) is 3.83. The van der Waals surface area contributed by atoms with Gasteiger partial charge in [-0.1, -0.05) is 30.3 Å². The van der Waals surface area contributed by atoms with Crippen LogP contribution in [0.1, 0.15) is 23.1 Å². The smallest absolute Gasteiger partial charge is 0.374 e. The van der Waals surface area contributed by atoms with Crippen molar-refractivity contribution < 1.29 is 18.3 Å². The number of aliphatic hydroxyl groups excluding tert-OH is 1. The number of aliphatic hydroxyl groups is 1. The molecule has 5 heteroatoms. The van der Waals surface area contributed by atoms with Crippen molar-refractivity contribution >= 4 is 5.69 Å². The van der Waals surface area contributed by atoms with Gasteiger partial charge in [0.2, 0.25) is 0 Å². The Balaban J connectivity index is 1.84. The monoisotopic (exact) mass is 307 g/mol. The van der Waals surface area contributed by atoms with Crippen molar-refractivity contribution in [2.24, 2.45) is 0 Å². The van der Waals surface area contributed by atoms with E-state index in [9.17, 15) is 18.3 Å². The molecule has 1 N–H and O–H groups in total. The SMILES string of the molecule is OC1CCc2ccccc2N1Cc1ccc(C(F)(F)F)cc1. The van der Waals surface area contributed by atoms with Gasteiger partial charge in [0, 0.05) is 12.2 Å². The molecule has 0 bridgehead atoms. The number of rotatable bonds is 2. The van der Waals surface area contributed by atoms with Crippen LogP contribution in [-0.4, -0.2) is 11.3 Å². The minimum absolute atomic E-state index is 0.385. The molecule has 116 valence electrons. The van der Waals surface area contributed by atoms with Gasteiger partial charge < -0.3 is 10.0 Å². The summed E-state index contributed by atoms with van der Waals surface area (Å²) in [4.78, 5) is 1.83. The Morgan fingerprint density at radius 2 is 1.73 bits per heavy atom. The van der Waals surface area contributed by atoms with Crippen molar-refractivity contribution in [2.75, 3.05) is 4.90 Å². The molecule has 0 aromatic heterocycles. The molecule has 2 aromatic rings. The lowest BCUT2D eigenvalue weighted by atomic mass is 9.99. The fourth-order valence-electron chi connectivity index (χ4n) is 2.79. The van der Waals surface area contributed by atoms with Crippen molar-refractivity contribution in [1.82, 2.24) is 0 Å². The molecule has 0 fully saturated rings. The molecule has 0 spiro atoms. The minimum atomic E-state index is -4.32. The van der Waals surface area contributed by atoms with Gasteiger partial charge in [-0.25, -0.2) is 0 Å². The summed E-state index contributed by atoms with van der Waals surface area (Å²) in [6.45, 7) is 0.385. The second kappa shape index (κ2) is 5.65. The van der Waals surface area contributed by atoms with Gasteiger partial charge in [0.15, 0.2) is 0 Å². The molecule has 1 aliphatic heterocycles. The minimum Gasteiger partial charge on any atom is -0.374 e. The number of aryl methyl sites for hydroxylation is 1. The van der Waals surface area contributed by atoms with Gasteiger partial charge >= 0.3 is 6.18 Å². The van der Waals surface area contributed by atoms with Crippen molar-refractivity contribution in [3.05, 3.63) is 65.2 Å². The van der Waals surface area contributed by atoms with Crippen LogP contribution in [0.2, 0.25) is 0 Å². The van der Waals surface area contributed by atoms with Crippen molar-refractivity contribution in [3.8, 4) is 0 Å². The van der Waals surface area contributed by atoms with E-state index in [2.05, 4.69) is 0 Å². The van der Waals surface area contributed by atoms with Gasteiger partial charge in [-0.2, -0.15) is 13.2 Å². The molecule has 2 aromatic carbocycles. The number of alkyl halides is 3. The molecule has 1 heterocycles. The molecule has 0 amide bonds. The Bertz CT molecular complexity index is 652. The number of halogens is 3. The van der Waals surface area contributed by atoms with E-state index in [0.29, 0.717) is 13.0 Å². The van der Waals surface area contributed by atoms with E-state index in [0.717, 1.165) is 35.4 Å². The molecule has 1 unspecified atom stereocenters. The van der Waals surface area contributed by atoms with Crippen LogP contribution < -0.4 is 4.90 Å². The van der Waals surface area contributed by atoms with Crippen molar-refractivity contribution in [3.63, 3.8) is 0 Å². The van der Waals surface area contributed by atoms with Gasteiger partial charge in [-0.3, -0.25) is 0 Å². The second-order valence-corrected chi connectivity index (χ2v) is 5.47. The van der Waals surface area contributed by atoms with Gasteiger partial charge in [0.1, 0.15) is 6.23 Å². The van der Waals surface area contributed by atoms with Crippen LogP contribution in [0.5, 0.6) is 0 Å². The summed E-state index contributed by atoms with van der Waals surface area (Å²) in [6, 6.07) is 12.9. The third-order valence-corrected chi connectivity index (χ3v) is 3.97. The predicted octanol–water partition coefficient (Wildman–Crippen LogP) is 3.98. The summed E-state index contributed by atoms with van der Waals surface area (Å²) in [6.07, 6.45) is -3.51. The first-order chi connectivity index (χ1) is 10.4. The van der Waals surface area contributed by atoms with Crippen molar-refractivity contribution in [1.29, 1.82) is 0 Å². The first-order valence-corrected chi connectivity index (χ1v) is 7.14. The number of nitrogens with zero attached hydrogens (tertiary/aromatic N) is 1. The summed E-state index contributed by atoms with van der Waals surface area (Å²) in [5.41, 5.74) is 2.18. The van der Waals surface area contributed by atoms with Crippen LogP contribution in [0, 0.1) is 0 Å². The highest BCUT2D eigenvalue weighted by atomic mass is 19.4. The summed E-state index contributed by atoms with van der Waals surface area (Å²) in [7, 11) is 0. The third kappa shape index (κ3) is 2.95. The Hall–Kier alpha value is -2.01. The van der Waals surface area contributed by atoms with Crippen LogP contribution >= 0.6 is 0 Å². The van der Waals surface area contributed by atoms with Crippen LogP contribution in [0.15, 0.2) is 48.5 Å². The van der Waals surface area contributed by atoms with E-state index in [1.54, 1.807) is 0 Å². The fraction of sp³-hybridized carbons (Fsp3) is 0.294. The molecule has 22 heavy (non-hydrogen) atoms. The van der Waals surface area contributed by atoms with E-state index >= 15 is 0 Å². The maximum atomic E-state index is 12.6. The van der Waals surface area contributed by atoms with E-state index in [-0.39, 0.29) is 0 Å². The van der Waals surface area contributed by atoms with Gasteiger partial charge in [-0.05, 0) is 42.2 Å². The summed E-state index contributed by atoms with van der Waals surface area (Å²) >= 11 is 0. The molecule has 2 nitrogen and oxygen atoms in total. The zero-order valence-corrected chi connectivity index (χ0v) is 11.8. The maximum absolute atomic E-state index is 12.6. The predicted molar refractivity (Wildman–Crippen MR) is 78.4 cm³/mol. The van der Waals surface area contributed by atoms with E-state index < -0.39 is 18.0 Å². The number of para-hydroxylation sites is 1. The topological polar surface area (TPSA) is 23.5 Å². The standard InChI is InChI=1S/C17H16F3NO/c18-17(19,20)14-8-5-12(6-9-14)11-21-15-4-2-1-3-13(15)7-10-16(21)22/h1-6,8-9,16,22H,7,10-11H2. The van der Waals surface area contributed by atoms with Crippen LogP contribution in [0.4, 0.5) is 18.9 Å². The summed E-state index contributed by atoms with van der Waals surface area (Å²) in [5.74, 6) is 0. The highest BCUT2D eigenvalue weighted by Crippen LogP contribution is 2.32. The summed E-state index contributed by atoms with van der Waals surface area (Å²) in [5, 5.41) is 10.2. The van der Waals surface area contributed by atoms with E-state index in [1.807, 2.05) is 29.2 Å². The number of fused-ring (bicyclic) bond motifs is 1. The van der Waals surface area contributed by atoms with Gasteiger partial charge in [0.05, 0.1) is 5.56 Å². The highest BCUT2D eigenvalue weighted by Gasteiger charge is 2.30. The first-order valence-electron chi connectivity index (χ1n) is 7.14. The van der Waals surface area contributed by atoms with Crippen LogP contribution in [0.25, 0.3) is 0 Å². The van der Waals surface area contributed by atoms with E-state index in [4.69, 9.17) is 0 Å². The maximum Gasteiger partial charge on any atom is 0.416 e. The van der Waals surface area contributed by atoms with Crippen LogP contribution in [-0.2, 0) is 19.1 Å². The average molecular weight is 307 g/mol. The Labute approximate surface area is 126 Å². The Morgan fingerprint density at radius 3 is 2.41 bits per heavy atom. The number of anilines is 1. The molecule has 0 saturated heterocycles. The second-order valence-electron chi connectivity index (χ2n) is 5.47. The first kappa shape index (κ1) is 14.9. The number of benzene rings is 2. The molecule has 1 aliphatic rings. The molecule has 3 rings (SSSR count). The zero-order chi connectivity index (χ0) is 15.7. The molecule has 0 saturated carbocycles. The largest absolute Gasteiger partial charge is 0.416 e. The molecule has 1 atom stereocenters. The van der Waals surface area contributed by atoms with Crippen LogP contribution in [0.3, 0.4) is 0 Å². The van der Waals surface area contributed by atoms with Gasteiger partial charge in [0.25, 0.3) is 0 Å². The lowest BCUT2D eigenvalue weighted by Crippen LogP contribution is -2.38. The quantitative estimate of drug-likeness (QED) is 0.907. The number of hydrogen-bond acceptors (Lipinski definition) is 2. The van der Waals surface area contributed by atoms with Crippen molar-refractivity contribution in [2.45, 2.75) is 31.8 Å². The third-order valence-electron chi connectivity index (χ3n) is 3.97. The lowest BCUT2D eigenvalue weighted by Gasteiger charge is -2.36. The average Bonchev–Trinajstić information content (AvgIpc) is 2.50. The zero-order valence-electron chi connectivity index (χ0n) is 11.8. The molecule has 0 radical (unpaired) electrons.